The molecule has 1 saturated heterocycles. The molecule has 1 heterocycles. The van der Waals surface area contributed by atoms with E-state index >= 15 is 0 Å². The van der Waals surface area contributed by atoms with E-state index in [2.05, 4.69) is 61.1 Å². The van der Waals surface area contributed by atoms with Gasteiger partial charge in [-0.15, -0.1) is 0 Å². The van der Waals surface area contributed by atoms with Gasteiger partial charge in [0.05, 0.1) is 0 Å². The normalized spacial score (nSPS) is 20.7. The Kier molecular flexibility index (Phi) is 9.52. The average molecular weight is 409 g/mol. The Morgan fingerprint density at radius 2 is 1.83 bits per heavy atom. The molecule has 1 aliphatic heterocycles. The highest BCUT2D eigenvalue weighted by Crippen LogP contribution is 2.33. The predicted molar refractivity (Wildman–Crippen MR) is 132 cm³/mol. The third kappa shape index (κ3) is 7.30. The summed E-state index contributed by atoms with van der Waals surface area (Å²) in [5.74, 6) is 1.53. The minimum Gasteiger partial charge on any atom is -0.389 e. The van der Waals surface area contributed by atoms with Crippen LogP contribution >= 0.6 is 0 Å². The van der Waals surface area contributed by atoms with Crippen LogP contribution in [0.2, 0.25) is 0 Å². The van der Waals surface area contributed by atoms with E-state index in [1.807, 2.05) is 0 Å². The lowest BCUT2D eigenvalue weighted by atomic mass is 9.84. The molecule has 30 heavy (non-hydrogen) atoms. The molecule has 166 valence electrons. The lowest BCUT2D eigenvalue weighted by Crippen LogP contribution is -2.30. The second-order valence-electron chi connectivity index (χ2n) is 9.70. The summed E-state index contributed by atoms with van der Waals surface area (Å²) < 4.78 is 0. The Hall–Kier alpha value is -1.54. The van der Waals surface area contributed by atoms with Crippen LogP contribution in [0.15, 0.2) is 42.6 Å². The Bertz CT molecular complexity index is 664. The number of hydrogen-bond donors (Lipinski definition) is 1. The lowest BCUT2D eigenvalue weighted by molar-refractivity contribution is 0.212. The first-order valence-corrected chi connectivity index (χ1v) is 12.5. The maximum Gasteiger partial charge on any atom is 0.0143 e. The molecule has 1 aromatic rings. The van der Waals surface area contributed by atoms with Crippen molar-refractivity contribution in [2.45, 2.75) is 77.6 Å². The molecule has 0 saturated carbocycles. The summed E-state index contributed by atoms with van der Waals surface area (Å²) in [6.45, 7) is 10.2. The summed E-state index contributed by atoms with van der Waals surface area (Å²) in [6, 6.07) is 9.45. The van der Waals surface area contributed by atoms with Gasteiger partial charge in [-0.1, -0.05) is 63.1 Å². The molecule has 1 atom stereocenters. The Morgan fingerprint density at radius 3 is 2.50 bits per heavy atom. The number of unbranched alkanes of at least 4 members (excludes halogenated alkanes) is 3. The summed E-state index contributed by atoms with van der Waals surface area (Å²) in [5, 5.41) is 3.59. The summed E-state index contributed by atoms with van der Waals surface area (Å²) in [5.41, 5.74) is 5.72. The second kappa shape index (κ2) is 12.3. The Morgan fingerprint density at radius 1 is 1.07 bits per heavy atom. The zero-order valence-corrected chi connectivity index (χ0v) is 19.6. The molecule has 2 nitrogen and oxygen atoms in total. The van der Waals surface area contributed by atoms with Crippen molar-refractivity contribution in [2.75, 3.05) is 26.7 Å². The predicted octanol–water partition coefficient (Wildman–Crippen LogP) is 6.83. The fourth-order valence-corrected chi connectivity index (χ4v) is 4.96. The van der Waals surface area contributed by atoms with Gasteiger partial charge < -0.3 is 10.2 Å². The Balaban J connectivity index is 1.40. The summed E-state index contributed by atoms with van der Waals surface area (Å²) in [6.07, 6.45) is 16.6. The van der Waals surface area contributed by atoms with Crippen molar-refractivity contribution >= 4 is 5.57 Å². The van der Waals surface area contributed by atoms with Crippen LogP contribution in [0.4, 0.5) is 0 Å². The molecule has 0 radical (unpaired) electrons. The van der Waals surface area contributed by atoms with Crippen LogP contribution in [0.5, 0.6) is 0 Å². The van der Waals surface area contributed by atoms with Crippen LogP contribution in [0.1, 0.15) is 82.3 Å². The van der Waals surface area contributed by atoms with E-state index in [4.69, 9.17) is 0 Å². The van der Waals surface area contributed by atoms with E-state index < -0.39 is 0 Å². The van der Waals surface area contributed by atoms with Gasteiger partial charge in [0, 0.05) is 18.2 Å². The van der Waals surface area contributed by atoms with Crippen LogP contribution in [0.25, 0.3) is 5.57 Å². The van der Waals surface area contributed by atoms with Gasteiger partial charge in [0.25, 0.3) is 0 Å². The highest BCUT2D eigenvalue weighted by Gasteiger charge is 2.18. The van der Waals surface area contributed by atoms with Crippen LogP contribution in [-0.2, 0) is 6.42 Å². The first-order chi connectivity index (χ1) is 14.7. The molecule has 0 aromatic heterocycles. The number of nitrogens with one attached hydrogen (secondary N) is 1. The van der Waals surface area contributed by atoms with E-state index in [1.165, 1.54) is 99.7 Å². The van der Waals surface area contributed by atoms with Crippen LogP contribution in [0, 0.1) is 11.8 Å². The van der Waals surface area contributed by atoms with E-state index in [1.54, 1.807) is 0 Å². The van der Waals surface area contributed by atoms with Crippen molar-refractivity contribution in [1.82, 2.24) is 10.2 Å². The van der Waals surface area contributed by atoms with Crippen molar-refractivity contribution < 1.29 is 0 Å². The Labute approximate surface area is 185 Å². The zero-order valence-electron chi connectivity index (χ0n) is 19.6. The summed E-state index contributed by atoms with van der Waals surface area (Å²) in [7, 11) is 2.25. The fourth-order valence-electron chi connectivity index (χ4n) is 4.96. The van der Waals surface area contributed by atoms with Gasteiger partial charge in [0.2, 0.25) is 0 Å². The van der Waals surface area contributed by atoms with Crippen LogP contribution in [0.3, 0.4) is 0 Å². The van der Waals surface area contributed by atoms with Crippen molar-refractivity contribution in [3.8, 4) is 0 Å². The van der Waals surface area contributed by atoms with E-state index in [0.29, 0.717) is 5.92 Å². The molecule has 1 N–H and O–H groups in total. The smallest absolute Gasteiger partial charge is 0.0143 e. The maximum atomic E-state index is 4.33. The SMILES string of the molecule is C=C(NCCCCCC)C1CC=C(c2ccc(CCC3CCN(C)CC3)cc2)CC1. The van der Waals surface area contributed by atoms with E-state index in [9.17, 15) is 0 Å². The highest BCUT2D eigenvalue weighted by molar-refractivity contribution is 5.66. The fraction of sp³-hybridized carbons (Fsp3) is 0.643. The number of likely N-dealkylation sites (tertiary alicyclic amines) is 1. The molecular formula is C28H44N2. The van der Waals surface area contributed by atoms with Crippen molar-refractivity contribution in [3.63, 3.8) is 0 Å². The molecule has 1 unspecified atom stereocenters. The quantitative estimate of drug-likeness (QED) is 0.404. The number of piperidine rings is 1. The first-order valence-electron chi connectivity index (χ1n) is 12.5. The minimum absolute atomic E-state index is 0.605. The zero-order chi connectivity index (χ0) is 21.2. The van der Waals surface area contributed by atoms with Gasteiger partial charge in [-0.25, -0.2) is 0 Å². The molecular weight excluding hydrogens is 364 g/mol. The maximum absolute atomic E-state index is 4.33. The number of rotatable bonds is 11. The van der Waals surface area contributed by atoms with Crippen LogP contribution < -0.4 is 5.32 Å². The molecule has 0 amide bonds. The van der Waals surface area contributed by atoms with Gasteiger partial charge in [-0.05, 0) is 94.1 Å². The van der Waals surface area contributed by atoms with Crippen molar-refractivity contribution in [1.29, 1.82) is 0 Å². The third-order valence-electron chi connectivity index (χ3n) is 7.29. The minimum atomic E-state index is 0.605. The average Bonchev–Trinajstić information content (AvgIpc) is 2.79. The molecule has 2 aliphatic rings. The topological polar surface area (TPSA) is 15.3 Å². The number of aryl methyl sites for hydroxylation is 1. The van der Waals surface area contributed by atoms with Crippen molar-refractivity contribution in [2.24, 2.45) is 11.8 Å². The highest BCUT2D eigenvalue weighted by atomic mass is 15.1. The largest absolute Gasteiger partial charge is 0.389 e. The van der Waals surface area contributed by atoms with Gasteiger partial charge in [0.15, 0.2) is 0 Å². The molecule has 3 rings (SSSR count). The van der Waals surface area contributed by atoms with Crippen molar-refractivity contribution in [3.05, 3.63) is 53.7 Å². The number of allylic oxidation sites excluding steroid dienone is 3. The third-order valence-corrected chi connectivity index (χ3v) is 7.29. The number of nitrogens with zero attached hydrogens (tertiary/aromatic N) is 1. The molecule has 1 fully saturated rings. The summed E-state index contributed by atoms with van der Waals surface area (Å²) >= 11 is 0. The number of hydrogen-bond acceptors (Lipinski definition) is 2. The van der Waals surface area contributed by atoms with E-state index in [-0.39, 0.29) is 0 Å². The van der Waals surface area contributed by atoms with E-state index in [0.717, 1.165) is 18.9 Å². The molecule has 1 aromatic carbocycles. The molecule has 1 aliphatic carbocycles. The van der Waals surface area contributed by atoms with Gasteiger partial charge in [-0.2, -0.15) is 0 Å². The van der Waals surface area contributed by atoms with Crippen LogP contribution in [-0.4, -0.2) is 31.6 Å². The number of benzene rings is 1. The standard InChI is InChI=1S/C28H44N2/c1-4-5-6-7-20-29-23(2)26-14-16-28(17-15-26)27-12-10-24(11-13-27)8-9-25-18-21-30(3)22-19-25/h10-13,16,25-26,29H,2,4-9,14-15,17-22H2,1,3H3. The molecule has 2 heteroatoms. The lowest BCUT2D eigenvalue weighted by Gasteiger charge is -2.28. The first kappa shape index (κ1) is 23.1. The second-order valence-corrected chi connectivity index (χ2v) is 9.70. The molecule has 0 spiro atoms. The van der Waals surface area contributed by atoms with Gasteiger partial charge in [0.1, 0.15) is 0 Å². The van der Waals surface area contributed by atoms with Gasteiger partial charge in [-0.3, -0.25) is 0 Å². The summed E-state index contributed by atoms with van der Waals surface area (Å²) in [4.78, 5) is 2.47. The van der Waals surface area contributed by atoms with Gasteiger partial charge >= 0.3 is 0 Å². The monoisotopic (exact) mass is 408 g/mol. The molecule has 0 bridgehead atoms.